The number of aromatic nitrogens is 1. The Labute approximate surface area is 118 Å². The number of carboxylic acid groups (broad SMARTS) is 1. The molecule has 7 nitrogen and oxygen atoms in total. The van der Waals surface area contributed by atoms with Gasteiger partial charge in [0.15, 0.2) is 0 Å². The van der Waals surface area contributed by atoms with Gasteiger partial charge in [-0.1, -0.05) is 0 Å². The summed E-state index contributed by atoms with van der Waals surface area (Å²) in [6, 6.07) is 1.26. The fraction of sp³-hybridized carbons (Fsp3) is 0.583. The van der Waals surface area contributed by atoms with Gasteiger partial charge in [-0.2, -0.15) is 4.31 Å². The molecule has 1 aliphatic rings. The Hall–Kier alpha value is -1.38. The van der Waals surface area contributed by atoms with E-state index in [1.165, 1.54) is 21.1 Å². The monoisotopic (exact) mass is 301 g/mol. The molecule has 1 aromatic rings. The minimum Gasteiger partial charge on any atom is -0.477 e. The van der Waals surface area contributed by atoms with Crippen molar-refractivity contribution in [1.82, 2.24) is 8.87 Å². The molecule has 0 aromatic carbocycles. The molecule has 112 valence electrons. The van der Waals surface area contributed by atoms with E-state index in [9.17, 15) is 13.2 Å². The average molecular weight is 301 g/mol. The van der Waals surface area contributed by atoms with Crippen LogP contribution >= 0.6 is 0 Å². The molecule has 0 aliphatic carbocycles. The van der Waals surface area contributed by atoms with Gasteiger partial charge in [0, 0.05) is 31.9 Å². The Kier molecular flexibility index (Phi) is 4.17. The summed E-state index contributed by atoms with van der Waals surface area (Å²) in [6.07, 6.45) is 2.63. The first-order chi connectivity index (χ1) is 9.36. The predicted octanol–water partition coefficient (Wildman–Crippen LogP) is 0.318. The van der Waals surface area contributed by atoms with E-state index in [-0.39, 0.29) is 16.6 Å². The third-order valence-corrected chi connectivity index (χ3v) is 5.43. The molecule has 3 N–H and O–H groups in total. The van der Waals surface area contributed by atoms with Gasteiger partial charge in [-0.3, -0.25) is 0 Å². The number of hydrogen-bond acceptors (Lipinski definition) is 4. The summed E-state index contributed by atoms with van der Waals surface area (Å²) in [7, 11) is -3.64. The van der Waals surface area contributed by atoms with Gasteiger partial charge in [-0.15, -0.1) is 0 Å². The van der Waals surface area contributed by atoms with E-state index in [0.717, 1.165) is 0 Å². The highest BCUT2D eigenvalue weighted by molar-refractivity contribution is 7.89. The molecular formula is C12H19N3O4S. The number of hydrogen-bond donors (Lipinski definition) is 2. The zero-order chi connectivity index (χ0) is 14.9. The van der Waals surface area contributed by atoms with Crippen LogP contribution in [0.4, 0.5) is 0 Å². The Balaban J connectivity index is 2.32. The Bertz CT molecular complexity index is 600. The summed E-state index contributed by atoms with van der Waals surface area (Å²) in [4.78, 5) is 11.1. The zero-order valence-corrected chi connectivity index (χ0v) is 12.1. The number of carboxylic acids is 1. The summed E-state index contributed by atoms with van der Waals surface area (Å²) in [5.41, 5.74) is 5.75. The van der Waals surface area contributed by atoms with Gasteiger partial charge in [0.1, 0.15) is 10.6 Å². The zero-order valence-electron chi connectivity index (χ0n) is 11.3. The predicted molar refractivity (Wildman–Crippen MR) is 73.0 cm³/mol. The van der Waals surface area contributed by atoms with Crippen molar-refractivity contribution in [3.8, 4) is 0 Å². The van der Waals surface area contributed by atoms with Crippen molar-refractivity contribution in [2.75, 3.05) is 13.1 Å². The lowest BCUT2D eigenvalue weighted by molar-refractivity contribution is 0.0685. The number of aromatic carboxylic acids is 1. The van der Waals surface area contributed by atoms with Crippen molar-refractivity contribution in [3.05, 3.63) is 18.0 Å². The van der Waals surface area contributed by atoms with Crippen LogP contribution in [0, 0.1) is 0 Å². The van der Waals surface area contributed by atoms with E-state index in [1.807, 2.05) is 0 Å². The molecule has 0 spiro atoms. The third kappa shape index (κ3) is 2.72. The Morgan fingerprint density at radius 2 is 2.05 bits per heavy atom. The molecule has 1 aromatic heterocycles. The van der Waals surface area contributed by atoms with Gasteiger partial charge in [-0.05, 0) is 25.8 Å². The highest BCUT2D eigenvalue weighted by atomic mass is 32.2. The number of nitrogens with two attached hydrogens (primary N) is 1. The molecule has 0 radical (unpaired) electrons. The Morgan fingerprint density at radius 3 is 2.50 bits per heavy atom. The minimum atomic E-state index is -3.64. The van der Waals surface area contributed by atoms with Crippen LogP contribution in [0.25, 0.3) is 0 Å². The lowest BCUT2D eigenvalue weighted by atomic mass is 10.1. The van der Waals surface area contributed by atoms with Gasteiger partial charge < -0.3 is 15.4 Å². The van der Waals surface area contributed by atoms with Crippen LogP contribution in [0.15, 0.2) is 17.2 Å². The normalized spacial score (nSPS) is 18.3. The first-order valence-electron chi connectivity index (χ1n) is 6.55. The van der Waals surface area contributed by atoms with Gasteiger partial charge in [-0.25, -0.2) is 13.2 Å². The second kappa shape index (κ2) is 5.55. The fourth-order valence-corrected chi connectivity index (χ4v) is 3.84. The van der Waals surface area contributed by atoms with Crippen LogP contribution in [-0.2, 0) is 16.6 Å². The van der Waals surface area contributed by atoms with Crippen LogP contribution in [0.3, 0.4) is 0 Å². The molecule has 1 fully saturated rings. The van der Waals surface area contributed by atoms with Gasteiger partial charge in [0.25, 0.3) is 0 Å². The minimum absolute atomic E-state index is 0.0141. The molecular weight excluding hydrogens is 282 g/mol. The van der Waals surface area contributed by atoms with Gasteiger partial charge in [0.2, 0.25) is 10.0 Å². The van der Waals surface area contributed by atoms with E-state index in [1.54, 1.807) is 6.92 Å². The highest BCUT2D eigenvalue weighted by Crippen LogP contribution is 2.22. The maximum atomic E-state index is 12.5. The standard InChI is InChI=1S/C12H19N3O4S/c1-2-14-8-10(7-11(14)12(16)17)20(18,19)15-5-3-9(13)4-6-15/h7-9H,2-6,13H2,1H3,(H,16,17). The molecule has 1 aliphatic heterocycles. The first-order valence-corrected chi connectivity index (χ1v) is 7.99. The van der Waals surface area contributed by atoms with E-state index >= 15 is 0 Å². The molecule has 0 bridgehead atoms. The summed E-state index contributed by atoms with van der Waals surface area (Å²) in [6.45, 7) is 2.93. The molecule has 0 saturated carbocycles. The lowest BCUT2D eigenvalue weighted by Crippen LogP contribution is -2.42. The molecule has 0 amide bonds. The van der Waals surface area contributed by atoms with E-state index < -0.39 is 16.0 Å². The van der Waals surface area contributed by atoms with Crippen molar-refractivity contribution < 1.29 is 18.3 Å². The van der Waals surface area contributed by atoms with Crippen LogP contribution in [0.1, 0.15) is 30.3 Å². The largest absolute Gasteiger partial charge is 0.477 e. The molecule has 20 heavy (non-hydrogen) atoms. The summed E-state index contributed by atoms with van der Waals surface area (Å²) in [5, 5.41) is 9.08. The van der Waals surface area contributed by atoms with Crippen molar-refractivity contribution in [1.29, 1.82) is 0 Å². The molecule has 0 unspecified atom stereocenters. The molecule has 2 heterocycles. The van der Waals surface area contributed by atoms with Gasteiger partial charge >= 0.3 is 5.97 Å². The maximum Gasteiger partial charge on any atom is 0.352 e. The summed E-state index contributed by atoms with van der Waals surface area (Å²) >= 11 is 0. The van der Waals surface area contributed by atoms with Crippen molar-refractivity contribution in [2.24, 2.45) is 5.73 Å². The topological polar surface area (TPSA) is 106 Å². The Morgan fingerprint density at radius 1 is 1.45 bits per heavy atom. The molecule has 0 atom stereocenters. The van der Waals surface area contributed by atoms with E-state index in [0.29, 0.717) is 32.5 Å². The lowest BCUT2D eigenvalue weighted by Gasteiger charge is -2.28. The second-order valence-corrected chi connectivity index (χ2v) is 6.83. The fourth-order valence-electron chi connectivity index (χ4n) is 2.33. The van der Waals surface area contributed by atoms with E-state index in [4.69, 9.17) is 10.8 Å². The van der Waals surface area contributed by atoms with Crippen LogP contribution in [0.2, 0.25) is 0 Å². The third-order valence-electron chi connectivity index (χ3n) is 3.57. The average Bonchev–Trinajstić information content (AvgIpc) is 2.84. The highest BCUT2D eigenvalue weighted by Gasteiger charge is 2.30. The summed E-state index contributed by atoms with van der Waals surface area (Å²) < 4.78 is 27.7. The van der Waals surface area contributed by atoms with Crippen LogP contribution in [-0.4, -0.2) is 47.5 Å². The summed E-state index contributed by atoms with van der Waals surface area (Å²) in [5.74, 6) is -1.13. The van der Waals surface area contributed by atoms with E-state index in [2.05, 4.69) is 0 Å². The van der Waals surface area contributed by atoms with Crippen molar-refractivity contribution in [2.45, 2.75) is 37.2 Å². The number of sulfonamides is 1. The number of carbonyl (C=O) groups is 1. The maximum absolute atomic E-state index is 12.5. The van der Waals surface area contributed by atoms with Crippen LogP contribution < -0.4 is 5.73 Å². The smallest absolute Gasteiger partial charge is 0.352 e. The number of aryl methyl sites for hydroxylation is 1. The van der Waals surface area contributed by atoms with Crippen LogP contribution in [0.5, 0.6) is 0 Å². The number of piperidine rings is 1. The molecule has 2 rings (SSSR count). The van der Waals surface area contributed by atoms with Gasteiger partial charge in [0.05, 0.1) is 0 Å². The number of nitrogens with zero attached hydrogens (tertiary/aromatic N) is 2. The van der Waals surface area contributed by atoms with Crippen molar-refractivity contribution >= 4 is 16.0 Å². The second-order valence-electron chi connectivity index (χ2n) is 4.89. The quantitative estimate of drug-likeness (QED) is 0.833. The number of rotatable bonds is 4. The molecule has 8 heteroatoms. The first kappa shape index (κ1) is 15.0. The van der Waals surface area contributed by atoms with Crippen molar-refractivity contribution in [3.63, 3.8) is 0 Å². The molecule has 1 saturated heterocycles. The SMILES string of the molecule is CCn1cc(S(=O)(=O)N2CCC(N)CC2)cc1C(=O)O.